The number of halogens is 2. The van der Waals surface area contributed by atoms with Crippen LogP contribution in [0.1, 0.15) is 0 Å². The van der Waals surface area contributed by atoms with Crippen LogP contribution in [0.15, 0.2) is 45.7 Å². The number of pyridine rings is 1. The highest BCUT2D eigenvalue weighted by molar-refractivity contribution is 9.10. The fourth-order valence-electron chi connectivity index (χ4n) is 1.59. The molecule has 0 aliphatic heterocycles. The minimum atomic E-state index is 0.688. The molecule has 3 heterocycles. The van der Waals surface area contributed by atoms with Crippen molar-refractivity contribution in [3.63, 3.8) is 0 Å². The quantitative estimate of drug-likeness (QED) is 0.679. The van der Waals surface area contributed by atoms with Gasteiger partial charge in [-0.05, 0) is 40.2 Å². The largest absolute Gasteiger partial charge is 0.446 e. The molecule has 3 aromatic rings. The molecule has 5 heteroatoms. The summed E-state index contributed by atoms with van der Waals surface area (Å²) in [5.74, 6) is 1.48. The molecule has 3 nitrogen and oxygen atoms in total. The normalized spacial score (nSPS) is 11.1. The monoisotopic (exact) mass is 296 g/mol. The van der Waals surface area contributed by atoms with Crippen LogP contribution in [0.2, 0.25) is 5.02 Å². The predicted molar refractivity (Wildman–Crippen MR) is 65.6 cm³/mol. The lowest BCUT2D eigenvalue weighted by atomic mass is 10.4. The van der Waals surface area contributed by atoms with E-state index in [9.17, 15) is 0 Å². The molecule has 0 saturated heterocycles. The molecule has 3 aromatic heterocycles. The number of fused-ring (bicyclic) bond motifs is 1. The highest BCUT2D eigenvalue weighted by Crippen LogP contribution is 2.25. The van der Waals surface area contributed by atoms with E-state index in [1.165, 1.54) is 0 Å². The number of nitrogens with zero attached hydrogens (tertiary/aromatic N) is 2. The Labute approximate surface area is 105 Å². The lowest BCUT2D eigenvalue weighted by Crippen LogP contribution is -1.86. The second kappa shape index (κ2) is 3.64. The summed E-state index contributed by atoms with van der Waals surface area (Å²) >= 11 is 9.17. The summed E-state index contributed by atoms with van der Waals surface area (Å²) in [4.78, 5) is 4.31. The topological polar surface area (TPSA) is 30.4 Å². The average Bonchev–Trinajstić information content (AvgIpc) is 2.83. The fourth-order valence-corrected chi connectivity index (χ4v) is 2.06. The van der Waals surface area contributed by atoms with Gasteiger partial charge >= 0.3 is 0 Å². The molecule has 16 heavy (non-hydrogen) atoms. The summed E-state index contributed by atoms with van der Waals surface area (Å²) in [5, 5.41) is 0.694. The molecule has 0 spiro atoms. The Bertz CT molecular complexity index is 659. The van der Waals surface area contributed by atoms with E-state index in [-0.39, 0.29) is 0 Å². The van der Waals surface area contributed by atoms with Crippen LogP contribution in [0.25, 0.3) is 17.1 Å². The van der Waals surface area contributed by atoms with E-state index >= 15 is 0 Å². The first-order chi connectivity index (χ1) is 7.74. The van der Waals surface area contributed by atoms with Gasteiger partial charge in [-0.2, -0.15) is 0 Å². The van der Waals surface area contributed by atoms with Crippen molar-refractivity contribution < 1.29 is 4.42 Å². The van der Waals surface area contributed by atoms with E-state index in [1.807, 2.05) is 34.9 Å². The minimum absolute atomic E-state index is 0.688. The summed E-state index contributed by atoms with van der Waals surface area (Å²) < 4.78 is 8.08. The molecule has 0 unspecified atom stereocenters. The molecule has 0 atom stereocenters. The SMILES string of the molecule is Clc1ccn2c(-c3ccc(Br)o3)ncc2c1. The minimum Gasteiger partial charge on any atom is -0.446 e. The van der Waals surface area contributed by atoms with Crippen LogP contribution in [-0.2, 0) is 0 Å². The zero-order valence-electron chi connectivity index (χ0n) is 8.02. The lowest BCUT2D eigenvalue weighted by molar-refractivity contribution is 0.551. The molecule has 0 N–H and O–H groups in total. The molecule has 0 fully saturated rings. The molecule has 0 aliphatic carbocycles. The predicted octanol–water partition coefficient (Wildman–Crippen LogP) is 4.01. The van der Waals surface area contributed by atoms with E-state index in [0.717, 1.165) is 11.3 Å². The maximum absolute atomic E-state index is 5.91. The third-order valence-electron chi connectivity index (χ3n) is 2.29. The van der Waals surface area contributed by atoms with Crippen molar-refractivity contribution in [3.05, 3.63) is 46.4 Å². The van der Waals surface area contributed by atoms with Gasteiger partial charge in [0.25, 0.3) is 0 Å². The van der Waals surface area contributed by atoms with Gasteiger partial charge in [0.15, 0.2) is 16.3 Å². The van der Waals surface area contributed by atoms with Crippen LogP contribution < -0.4 is 0 Å². The van der Waals surface area contributed by atoms with Gasteiger partial charge in [0.2, 0.25) is 0 Å². The van der Waals surface area contributed by atoms with Gasteiger partial charge in [-0.3, -0.25) is 4.40 Å². The summed E-state index contributed by atoms with van der Waals surface area (Å²) in [5.41, 5.74) is 0.940. The van der Waals surface area contributed by atoms with Gasteiger partial charge in [0.1, 0.15) is 0 Å². The highest BCUT2D eigenvalue weighted by atomic mass is 79.9. The number of hydrogen-bond donors (Lipinski definition) is 0. The smallest absolute Gasteiger partial charge is 0.180 e. The van der Waals surface area contributed by atoms with Gasteiger partial charge < -0.3 is 4.42 Å². The Kier molecular flexibility index (Phi) is 2.26. The second-order valence-electron chi connectivity index (χ2n) is 3.33. The van der Waals surface area contributed by atoms with Gasteiger partial charge in [0, 0.05) is 11.2 Å². The van der Waals surface area contributed by atoms with Crippen molar-refractivity contribution in [2.75, 3.05) is 0 Å². The number of hydrogen-bond acceptors (Lipinski definition) is 2. The third kappa shape index (κ3) is 1.54. The standard InChI is InChI=1S/C11H6BrClN2O/c12-10-2-1-9(16-10)11-14-6-8-5-7(13)3-4-15(8)11/h1-6H. The second-order valence-corrected chi connectivity index (χ2v) is 4.54. The van der Waals surface area contributed by atoms with E-state index in [2.05, 4.69) is 20.9 Å². The molecular formula is C11H6BrClN2O. The van der Waals surface area contributed by atoms with Crippen molar-refractivity contribution in [2.45, 2.75) is 0 Å². The first-order valence-corrected chi connectivity index (χ1v) is 5.79. The van der Waals surface area contributed by atoms with Crippen LogP contribution in [0.5, 0.6) is 0 Å². The Balaban J connectivity index is 2.25. The molecule has 0 bridgehead atoms. The number of rotatable bonds is 1. The number of imidazole rings is 1. The van der Waals surface area contributed by atoms with Crippen molar-refractivity contribution in [3.8, 4) is 11.6 Å². The molecule has 0 amide bonds. The highest BCUT2D eigenvalue weighted by Gasteiger charge is 2.10. The van der Waals surface area contributed by atoms with Crippen molar-refractivity contribution >= 4 is 33.0 Å². The van der Waals surface area contributed by atoms with Gasteiger partial charge in [-0.25, -0.2) is 4.98 Å². The van der Waals surface area contributed by atoms with Crippen molar-refractivity contribution in [2.24, 2.45) is 0 Å². The summed E-state index contributed by atoms with van der Waals surface area (Å²) in [6.45, 7) is 0. The summed E-state index contributed by atoms with van der Waals surface area (Å²) in [6.07, 6.45) is 3.63. The van der Waals surface area contributed by atoms with E-state index in [4.69, 9.17) is 16.0 Å². The Hall–Kier alpha value is -1.26. The molecule has 0 aromatic carbocycles. The van der Waals surface area contributed by atoms with Gasteiger partial charge in [0.05, 0.1) is 11.7 Å². The Morgan fingerprint density at radius 3 is 2.94 bits per heavy atom. The first kappa shape index (κ1) is 9.93. The van der Waals surface area contributed by atoms with Crippen molar-refractivity contribution in [1.82, 2.24) is 9.38 Å². The van der Waals surface area contributed by atoms with Gasteiger partial charge in [-0.15, -0.1) is 0 Å². The number of aromatic nitrogens is 2. The zero-order valence-corrected chi connectivity index (χ0v) is 10.4. The lowest BCUT2D eigenvalue weighted by Gasteiger charge is -1.98. The Morgan fingerprint density at radius 1 is 1.31 bits per heavy atom. The molecule has 0 saturated carbocycles. The van der Waals surface area contributed by atoms with Crippen LogP contribution in [0.4, 0.5) is 0 Å². The maximum atomic E-state index is 5.91. The molecular weight excluding hydrogens is 291 g/mol. The van der Waals surface area contributed by atoms with Crippen LogP contribution in [-0.4, -0.2) is 9.38 Å². The van der Waals surface area contributed by atoms with Crippen LogP contribution in [0, 0.1) is 0 Å². The molecule has 3 rings (SSSR count). The molecule has 0 aliphatic rings. The zero-order chi connectivity index (χ0) is 11.1. The van der Waals surface area contributed by atoms with Crippen molar-refractivity contribution in [1.29, 1.82) is 0 Å². The molecule has 0 radical (unpaired) electrons. The fraction of sp³-hybridized carbons (Fsp3) is 0. The van der Waals surface area contributed by atoms with Crippen LogP contribution in [0.3, 0.4) is 0 Å². The van der Waals surface area contributed by atoms with E-state index < -0.39 is 0 Å². The third-order valence-corrected chi connectivity index (χ3v) is 2.95. The summed E-state index contributed by atoms with van der Waals surface area (Å²) in [7, 11) is 0. The van der Waals surface area contributed by atoms with E-state index in [0.29, 0.717) is 15.5 Å². The number of furan rings is 1. The average molecular weight is 298 g/mol. The maximum Gasteiger partial charge on any atom is 0.180 e. The van der Waals surface area contributed by atoms with Crippen LogP contribution >= 0.6 is 27.5 Å². The Morgan fingerprint density at radius 2 is 2.19 bits per heavy atom. The molecule has 80 valence electrons. The summed E-state index contributed by atoms with van der Waals surface area (Å²) in [6, 6.07) is 7.38. The van der Waals surface area contributed by atoms with E-state index in [1.54, 1.807) is 6.20 Å². The first-order valence-electron chi connectivity index (χ1n) is 4.62. The van der Waals surface area contributed by atoms with Gasteiger partial charge in [-0.1, -0.05) is 11.6 Å².